The van der Waals surface area contributed by atoms with Gasteiger partial charge in [0.05, 0.1) is 0 Å². The summed E-state index contributed by atoms with van der Waals surface area (Å²) in [7, 11) is 0. The molecule has 1 rings (SSSR count). The van der Waals surface area contributed by atoms with Gasteiger partial charge in [-0.2, -0.15) is 0 Å². The van der Waals surface area contributed by atoms with Gasteiger partial charge in [0.25, 0.3) is 0 Å². The summed E-state index contributed by atoms with van der Waals surface area (Å²) in [5.41, 5.74) is 5.52. The SMILES string of the molecule is C#CC(=O)CC(C)(N)C1CC1. The Morgan fingerprint density at radius 2 is 2.36 bits per heavy atom. The number of Topliss-reactive ketones (excluding diaryl/α,β-unsaturated/α-hetero) is 1. The minimum absolute atomic E-state index is 0.179. The molecule has 1 unspecified atom stereocenters. The van der Waals surface area contributed by atoms with Crippen LogP contribution in [0.15, 0.2) is 0 Å². The third kappa shape index (κ3) is 2.06. The molecule has 60 valence electrons. The zero-order valence-electron chi connectivity index (χ0n) is 6.76. The van der Waals surface area contributed by atoms with Crippen LogP contribution < -0.4 is 5.73 Å². The standard InChI is InChI=1S/C9H13NO/c1-3-8(11)6-9(2,10)7-4-5-7/h1,7H,4-6,10H2,2H3. The number of carbonyl (C=O) groups excluding carboxylic acids is 1. The maximum absolute atomic E-state index is 10.8. The first-order chi connectivity index (χ1) is 5.06. The summed E-state index contributed by atoms with van der Waals surface area (Å²) in [5.74, 6) is 2.42. The second-order valence-electron chi connectivity index (χ2n) is 3.52. The van der Waals surface area contributed by atoms with Gasteiger partial charge in [-0.3, -0.25) is 4.79 Å². The summed E-state index contributed by atoms with van der Waals surface area (Å²) in [6, 6.07) is 0. The molecule has 0 aromatic carbocycles. The Morgan fingerprint density at radius 3 is 2.73 bits per heavy atom. The Morgan fingerprint density at radius 1 is 1.82 bits per heavy atom. The fourth-order valence-electron chi connectivity index (χ4n) is 1.28. The van der Waals surface area contributed by atoms with Gasteiger partial charge >= 0.3 is 0 Å². The van der Waals surface area contributed by atoms with E-state index in [1.54, 1.807) is 0 Å². The lowest BCUT2D eigenvalue weighted by Gasteiger charge is -2.21. The third-order valence-electron chi connectivity index (χ3n) is 2.21. The van der Waals surface area contributed by atoms with Crippen LogP contribution in [0.1, 0.15) is 26.2 Å². The molecule has 0 aromatic heterocycles. The maximum atomic E-state index is 10.8. The van der Waals surface area contributed by atoms with E-state index in [1.807, 2.05) is 6.92 Å². The van der Waals surface area contributed by atoms with E-state index in [-0.39, 0.29) is 11.3 Å². The molecule has 0 aromatic rings. The van der Waals surface area contributed by atoms with Crippen LogP contribution in [0.4, 0.5) is 0 Å². The number of terminal acetylenes is 1. The molecular formula is C9H13NO. The van der Waals surface area contributed by atoms with E-state index in [9.17, 15) is 4.79 Å². The Hall–Kier alpha value is -0.810. The molecule has 1 fully saturated rings. The van der Waals surface area contributed by atoms with Crippen molar-refractivity contribution >= 4 is 5.78 Å². The predicted octanol–water partition coefficient (Wildman–Crippen LogP) is 0.706. The summed E-state index contributed by atoms with van der Waals surface area (Å²) in [6.07, 6.45) is 7.56. The van der Waals surface area contributed by atoms with Crippen molar-refractivity contribution in [2.24, 2.45) is 11.7 Å². The van der Waals surface area contributed by atoms with Gasteiger partial charge < -0.3 is 5.73 Å². The summed E-state index contributed by atoms with van der Waals surface area (Å²) in [5, 5.41) is 0. The molecule has 0 radical (unpaired) electrons. The van der Waals surface area contributed by atoms with Crippen molar-refractivity contribution in [3.63, 3.8) is 0 Å². The first-order valence-electron chi connectivity index (χ1n) is 3.84. The van der Waals surface area contributed by atoms with E-state index >= 15 is 0 Å². The van der Waals surface area contributed by atoms with Crippen molar-refractivity contribution in [3.8, 4) is 12.3 Å². The van der Waals surface area contributed by atoms with E-state index in [2.05, 4.69) is 5.92 Å². The minimum atomic E-state index is -0.358. The van der Waals surface area contributed by atoms with E-state index in [0.29, 0.717) is 12.3 Å². The summed E-state index contributed by atoms with van der Waals surface area (Å²) in [6.45, 7) is 1.90. The van der Waals surface area contributed by atoms with Gasteiger partial charge in [0.15, 0.2) is 0 Å². The zero-order chi connectivity index (χ0) is 8.48. The number of nitrogens with two attached hydrogens (primary N) is 1. The molecule has 0 spiro atoms. The molecular weight excluding hydrogens is 138 g/mol. The van der Waals surface area contributed by atoms with Crippen LogP contribution in [0, 0.1) is 18.3 Å². The lowest BCUT2D eigenvalue weighted by Crippen LogP contribution is -2.40. The van der Waals surface area contributed by atoms with Gasteiger partial charge in [-0.05, 0) is 31.6 Å². The fourth-order valence-corrected chi connectivity index (χ4v) is 1.28. The van der Waals surface area contributed by atoms with Crippen molar-refractivity contribution in [3.05, 3.63) is 0 Å². The van der Waals surface area contributed by atoms with Gasteiger partial charge in [-0.25, -0.2) is 0 Å². The Labute approximate surface area is 67.2 Å². The molecule has 0 saturated heterocycles. The number of ketones is 1. The molecule has 2 heteroatoms. The Balaban J connectivity index is 2.46. The fraction of sp³-hybridized carbons (Fsp3) is 0.667. The van der Waals surface area contributed by atoms with Gasteiger partial charge in [0, 0.05) is 12.0 Å². The van der Waals surface area contributed by atoms with Crippen molar-refractivity contribution < 1.29 is 4.79 Å². The molecule has 11 heavy (non-hydrogen) atoms. The van der Waals surface area contributed by atoms with E-state index < -0.39 is 0 Å². The largest absolute Gasteiger partial charge is 0.325 e. The van der Waals surface area contributed by atoms with E-state index in [0.717, 1.165) is 12.8 Å². The molecule has 2 N–H and O–H groups in total. The average Bonchev–Trinajstić information content (AvgIpc) is 2.66. The summed E-state index contributed by atoms with van der Waals surface area (Å²) >= 11 is 0. The van der Waals surface area contributed by atoms with Crippen molar-refractivity contribution in [1.82, 2.24) is 0 Å². The molecule has 1 aliphatic rings. The molecule has 0 bridgehead atoms. The monoisotopic (exact) mass is 151 g/mol. The van der Waals surface area contributed by atoms with Gasteiger partial charge in [0.1, 0.15) is 0 Å². The van der Waals surface area contributed by atoms with Gasteiger partial charge in [-0.15, -0.1) is 6.42 Å². The van der Waals surface area contributed by atoms with Crippen molar-refractivity contribution in [1.29, 1.82) is 0 Å². The van der Waals surface area contributed by atoms with Gasteiger partial charge in [-0.1, -0.05) is 0 Å². The topological polar surface area (TPSA) is 43.1 Å². The lowest BCUT2D eigenvalue weighted by molar-refractivity contribution is -0.114. The maximum Gasteiger partial charge on any atom is 0.207 e. The van der Waals surface area contributed by atoms with Crippen LogP contribution in [-0.4, -0.2) is 11.3 Å². The first kappa shape index (κ1) is 8.29. The molecule has 0 heterocycles. The number of carbonyl (C=O) groups is 1. The highest BCUT2D eigenvalue weighted by Gasteiger charge is 2.39. The molecule has 0 amide bonds. The molecule has 2 nitrogen and oxygen atoms in total. The summed E-state index contributed by atoms with van der Waals surface area (Å²) < 4.78 is 0. The molecule has 1 atom stereocenters. The minimum Gasteiger partial charge on any atom is -0.325 e. The smallest absolute Gasteiger partial charge is 0.207 e. The van der Waals surface area contributed by atoms with E-state index in [4.69, 9.17) is 12.2 Å². The third-order valence-corrected chi connectivity index (χ3v) is 2.21. The quantitative estimate of drug-likeness (QED) is 0.476. The lowest BCUT2D eigenvalue weighted by atomic mass is 9.91. The van der Waals surface area contributed by atoms with Crippen molar-refractivity contribution in [2.45, 2.75) is 31.7 Å². The second kappa shape index (κ2) is 2.67. The van der Waals surface area contributed by atoms with Crippen LogP contribution in [0.25, 0.3) is 0 Å². The molecule has 1 saturated carbocycles. The predicted molar refractivity (Wildman–Crippen MR) is 43.8 cm³/mol. The van der Waals surface area contributed by atoms with Crippen LogP contribution in [-0.2, 0) is 4.79 Å². The number of hydrogen-bond acceptors (Lipinski definition) is 2. The number of rotatable bonds is 3. The zero-order valence-corrected chi connectivity index (χ0v) is 6.76. The normalized spacial score (nSPS) is 21.9. The Kier molecular flexibility index (Phi) is 2.01. The highest BCUT2D eigenvalue weighted by Crippen LogP contribution is 2.39. The van der Waals surface area contributed by atoms with Crippen molar-refractivity contribution in [2.75, 3.05) is 0 Å². The van der Waals surface area contributed by atoms with E-state index in [1.165, 1.54) is 0 Å². The number of hydrogen-bond donors (Lipinski definition) is 1. The highest BCUT2D eigenvalue weighted by atomic mass is 16.1. The molecule has 0 aliphatic heterocycles. The van der Waals surface area contributed by atoms with Crippen LogP contribution in [0.3, 0.4) is 0 Å². The summed E-state index contributed by atoms with van der Waals surface area (Å²) in [4.78, 5) is 10.8. The average molecular weight is 151 g/mol. The molecule has 1 aliphatic carbocycles. The second-order valence-corrected chi connectivity index (χ2v) is 3.52. The van der Waals surface area contributed by atoms with Crippen LogP contribution in [0.5, 0.6) is 0 Å². The Bertz CT molecular complexity index is 208. The van der Waals surface area contributed by atoms with Crippen LogP contribution >= 0.6 is 0 Å². The van der Waals surface area contributed by atoms with Gasteiger partial charge in [0.2, 0.25) is 5.78 Å². The highest BCUT2D eigenvalue weighted by molar-refractivity contribution is 5.95. The first-order valence-corrected chi connectivity index (χ1v) is 3.84. The van der Waals surface area contributed by atoms with Crippen LogP contribution in [0.2, 0.25) is 0 Å².